The monoisotopic (exact) mass is 419 g/mol. The summed E-state index contributed by atoms with van der Waals surface area (Å²) in [5.74, 6) is -1.61. The van der Waals surface area contributed by atoms with Crippen molar-refractivity contribution in [3.63, 3.8) is 0 Å². The van der Waals surface area contributed by atoms with Gasteiger partial charge in [0, 0.05) is 5.92 Å². The highest BCUT2D eigenvalue weighted by atomic mass is 32.2. The van der Waals surface area contributed by atoms with E-state index in [4.69, 9.17) is 4.74 Å². The van der Waals surface area contributed by atoms with Crippen molar-refractivity contribution in [2.45, 2.75) is 51.7 Å². The number of rotatable bonds is 1. The van der Waals surface area contributed by atoms with Gasteiger partial charge in [-0.15, -0.1) is 0 Å². The van der Waals surface area contributed by atoms with Gasteiger partial charge in [-0.3, -0.25) is 9.59 Å². The number of benzene rings is 1. The van der Waals surface area contributed by atoms with Crippen LogP contribution in [0.4, 0.5) is 0 Å². The molecule has 0 radical (unpaired) electrons. The molecule has 1 aromatic carbocycles. The highest BCUT2D eigenvalue weighted by Gasteiger charge is 2.37. The molecule has 7 heteroatoms. The van der Waals surface area contributed by atoms with Crippen LogP contribution in [0.2, 0.25) is 0 Å². The van der Waals surface area contributed by atoms with Gasteiger partial charge in [-0.1, -0.05) is 50.3 Å². The van der Waals surface area contributed by atoms with Crippen LogP contribution in [0.25, 0.3) is 0 Å². The molecule has 0 spiro atoms. The van der Waals surface area contributed by atoms with Crippen LogP contribution in [0.1, 0.15) is 37.8 Å². The number of amides is 1. The highest BCUT2D eigenvalue weighted by Crippen LogP contribution is 2.25. The Hall–Kier alpha value is -2.15. The van der Waals surface area contributed by atoms with E-state index in [-0.39, 0.29) is 29.3 Å². The summed E-state index contributed by atoms with van der Waals surface area (Å²) >= 11 is 0. The number of sulfone groups is 1. The van der Waals surface area contributed by atoms with Gasteiger partial charge < -0.3 is 10.1 Å². The summed E-state index contributed by atoms with van der Waals surface area (Å²) in [4.78, 5) is 24.7. The molecule has 4 atom stereocenters. The summed E-state index contributed by atoms with van der Waals surface area (Å²) in [6.45, 7) is 3.45. The van der Waals surface area contributed by atoms with Crippen molar-refractivity contribution in [3.8, 4) is 0 Å². The maximum atomic E-state index is 12.8. The summed E-state index contributed by atoms with van der Waals surface area (Å²) in [5.41, 5.74) is 2.17. The standard InChI is InChI=1S/C22H29NO5S/c1-15-11-20(28-22(15)25)19-13-18-9-6-8-17(12-18)7-4-3-5-10-29(26,27)14-16(2)21(24)23-19/h3-4,6,8-9,12,15-16,19-20H,5,7,10-11,13-14H2,1-2H3,(H,23,24)/t15-,16-,19+,20+/m1/s1. The van der Waals surface area contributed by atoms with Crippen molar-refractivity contribution in [1.29, 1.82) is 0 Å². The van der Waals surface area contributed by atoms with Crippen molar-refractivity contribution in [1.82, 2.24) is 5.32 Å². The largest absolute Gasteiger partial charge is 0.460 e. The van der Waals surface area contributed by atoms with Crippen molar-refractivity contribution in [3.05, 3.63) is 47.5 Å². The van der Waals surface area contributed by atoms with Crippen LogP contribution in [0.5, 0.6) is 0 Å². The third kappa shape index (κ3) is 5.92. The number of carbonyl (C=O) groups excluding carboxylic acids is 2. The molecule has 2 aliphatic heterocycles. The van der Waals surface area contributed by atoms with Crippen LogP contribution in [-0.4, -0.2) is 43.9 Å². The minimum atomic E-state index is -3.33. The smallest absolute Gasteiger partial charge is 0.309 e. The second-order valence-electron chi connectivity index (χ2n) is 8.23. The highest BCUT2D eigenvalue weighted by molar-refractivity contribution is 7.91. The molecule has 0 aliphatic carbocycles. The van der Waals surface area contributed by atoms with E-state index in [0.717, 1.165) is 17.5 Å². The first kappa shape index (κ1) is 21.6. The Bertz CT molecular complexity index is 892. The van der Waals surface area contributed by atoms with E-state index in [0.29, 0.717) is 19.3 Å². The molecular weight excluding hydrogens is 390 g/mol. The lowest BCUT2D eigenvalue weighted by molar-refractivity contribution is -0.145. The Morgan fingerprint density at radius 1 is 1.07 bits per heavy atom. The number of fused-ring (bicyclic) bond motifs is 2. The van der Waals surface area contributed by atoms with E-state index < -0.39 is 27.9 Å². The first-order chi connectivity index (χ1) is 13.7. The van der Waals surface area contributed by atoms with Crippen LogP contribution in [0.3, 0.4) is 0 Å². The lowest BCUT2D eigenvalue weighted by atomic mass is 9.95. The van der Waals surface area contributed by atoms with Gasteiger partial charge in [-0.25, -0.2) is 8.42 Å². The maximum absolute atomic E-state index is 12.8. The molecule has 158 valence electrons. The summed E-state index contributed by atoms with van der Waals surface area (Å²) in [7, 11) is -3.33. The average molecular weight is 420 g/mol. The molecule has 1 amide bonds. The first-order valence-electron chi connectivity index (χ1n) is 10.2. The third-order valence-corrected chi connectivity index (χ3v) is 7.41. The van der Waals surface area contributed by atoms with Crippen LogP contribution in [-0.2, 0) is 37.0 Å². The molecule has 0 aromatic heterocycles. The SMILES string of the molecule is C[C@@H]1CS(=O)(=O)CCC=CCc2cccc(c2)C[C@@H]([C@@H]2C[C@@H](C)C(=O)O2)NC1=O. The fourth-order valence-electron chi connectivity index (χ4n) is 3.87. The number of allylic oxidation sites excluding steroid dienone is 2. The number of esters is 1. The van der Waals surface area contributed by atoms with Gasteiger partial charge in [-0.2, -0.15) is 0 Å². The van der Waals surface area contributed by atoms with Gasteiger partial charge in [0.25, 0.3) is 0 Å². The predicted molar refractivity (Wildman–Crippen MR) is 111 cm³/mol. The van der Waals surface area contributed by atoms with Gasteiger partial charge in [0.1, 0.15) is 6.10 Å². The molecular formula is C22H29NO5S. The van der Waals surface area contributed by atoms with Gasteiger partial charge in [0.15, 0.2) is 9.84 Å². The van der Waals surface area contributed by atoms with Crippen LogP contribution >= 0.6 is 0 Å². The molecule has 1 aromatic rings. The number of hydrogen-bond acceptors (Lipinski definition) is 5. The summed E-state index contributed by atoms with van der Waals surface area (Å²) in [6, 6.07) is 7.70. The lowest BCUT2D eigenvalue weighted by Gasteiger charge is -2.26. The Balaban J connectivity index is 1.88. The third-order valence-electron chi connectivity index (χ3n) is 5.55. The Morgan fingerprint density at radius 2 is 1.83 bits per heavy atom. The van der Waals surface area contributed by atoms with E-state index in [1.807, 2.05) is 37.3 Å². The van der Waals surface area contributed by atoms with Gasteiger partial charge in [0.05, 0.1) is 23.5 Å². The van der Waals surface area contributed by atoms with Crippen LogP contribution < -0.4 is 5.32 Å². The topological polar surface area (TPSA) is 89.5 Å². The molecule has 2 aliphatic rings. The zero-order valence-corrected chi connectivity index (χ0v) is 17.8. The minimum absolute atomic E-state index is 0.0301. The molecule has 0 saturated carbocycles. The van der Waals surface area contributed by atoms with Gasteiger partial charge in [0.2, 0.25) is 5.91 Å². The fraction of sp³-hybridized carbons (Fsp3) is 0.545. The molecule has 29 heavy (non-hydrogen) atoms. The molecule has 0 unspecified atom stereocenters. The number of hydrogen-bond donors (Lipinski definition) is 1. The number of cyclic esters (lactones) is 1. The molecule has 1 fully saturated rings. The minimum Gasteiger partial charge on any atom is -0.460 e. The van der Waals surface area contributed by atoms with Crippen molar-refractivity contribution in [2.75, 3.05) is 11.5 Å². The second-order valence-corrected chi connectivity index (χ2v) is 10.5. The number of ether oxygens (including phenoxy) is 1. The Morgan fingerprint density at radius 3 is 2.55 bits per heavy atom. The predicted octanol–water partition coefficient (Wildman–Crippen LogP) is 2.22. The summed E-state index contributed by atoms with van der Waals surface area (Å²) < 4.78 is 30.2. The van der Waals surface area contributed by atoms with E-state index in [2.05, 4.69) is 11.4 Å². The molecule has 1 N–H and O–H groups in total. The summed E-state index contributed by atoms with van der Waals surface area (Å²) in [5, 5.41) is 2.97. The average Bonchev–Trinajstić information content (AvgIpc) is 2.98. The zero-order valence-electron chi connectivity index (χ0n) is 17.0. The molecule has 1 saturated heterocycles. The summed E-state index contributed by atoms with van der Waals surface area (Å²) in [6.07, 6.45) is 5.68. The van der Waals surface area contributed by atoms with Gasteiger partial charge >= 0.3 is 5.97 Å². The van der Waals surface area contributed by atoms with E-state index in [1.165, 1.54) is 0 Å². The fourth-order valence-corrected chi connectivity index (χ4v) is 5.44. The maximum Gasteiger partial charge on any atom is 0.309 e. The van der Waals surface area contributed by atoms with E-state index in [9.17, 15) is 18.0 Å². The Labute approximate surface area is 172 Å². The van der Waals surface area contributed by atoms with Crippen molar-refractivity contribution < 1.29 is 22.7 Å². The normalized spacial score (nSPS) is 30.7. The quantitative estimate of drug-likeness (QED) is 0.557. The van der Waals surface area contributed by atoms with Crippen LogP contribution in [0, 0.1) is 11.8 Å². The van der Waals surface area contributed by atoms with E-state index in [1.54, 1.807) is 6.92 Å². The second kappa shape index (κ2) is 9.11. The lowest BCUT2D eigenvalue weighted by Crippen LogP contribution is -2.47. The molecule has 3 rings (SSSR count). The van der Waals surface area contributed by atoms with Crippen LogP contribution in [0.15, 0.2) is 36.4 Å². The number of nitrogens with one attached hydrogen (secondary N) is 1. The number of carbonyl (C=O) groups is 2. The van der Waals surface area contributed by atoms with E-state index >= 15 is 0 Å². The van der Waals surface area contributed by atoms with Crippen molar-refractivity contribution >= 4 is 21.7 Å². The van der Waals surface area contributed by atoms with Crippen molar-refractivity contribution in [2.24, 2.45) is 11.8 Å². The molecule has 2 heterocycles. The first-order valence-corrected chi connectivity index (χ1v) is 12.0. The Kier molecular flexibility index (Phi) is 6.77. The molecule has 2 bridgehead atoms. The van der Waals surface area contributed by atoms with Gasteiger partial charge in [-0.05, 0) is 36.8 Å². The molecule has 6 nitrogen and oxygen atoms in total. The zero-order chi connectivity index (χ0) is 21.0.